The van der Waals surface area contributed by atoms with Crippen LogP contribution in [0.25, 0.3) is 0 Å². The molecule has 172 valence electrons. The lowest BCUT2D eigenvalue weighted by molar-refractivity contribution is -0.135. The molecule has 32 heavy (non-hydrogen) atoms. The topological polar surface area (TPSA) is 116 Å². The molecule has 2 N–H and O–H groups in total. The molecule has 0 saturated carbocycles. The van der Waals surface area contributed by atoms with E-state index in [0.29, 0.717) is 19.3 Å². The molecule has 2 amide bonds. The summed E-state index contributed by atoms with van der Waals surface area (Å²) >= 11 is 1.34. The number of hydrogen-bond acceptors (Lipinski definition) is 6. The van der Waals surface area contributed by atoms with Crippen molar-refractivity contribution in [3.8, 4) is 0 Å². The Morgan fingerprint density at radius 1 is 1.34 bits per heavy atom. The molecule has 1 fully saturated rings. The molecule has 1 aromatic rings. The third-order valence-corrected chi connectivity index (χ3v) is 6.18. The van der Waals surface area contributed by atoms with Gasteiger partial charge in [0, 0.05) is 10.5 Å². The van der Waals surface area contributed by atoms with Crippen LogP contribution in [0.15, 0.2) is 52.2 Å². The van der Waals surface area contributed by atoms with Gasteiger partial charge in [-0.1, -0.05) is 38.1 Å². The second-order valence-electron chi connectivity index (χ2n) is 7.66. The summed E-state index contributed by atoms with van der Waals surface area (Å²) in [4.78, 5) is 48.5. The SMILES string of the molecule is CC(C)/C(=C\C=C1/CN(CC(=O)NN=O)C(=O)C(CCCc2ccc(F)cc2)S1)C(=O)O. The van der Waals surface area contributed by atoms with Crippen molar-refractivity contribution in [2.75, 3.05) is 13.1 Å². The first-order valence-electron chi connectivity index (χ1n) is 10.2. The summed E-state index contributed by atoms with van der Waals surface area (Å²) in [6.07, 6.45) is 5.03. The van der Waals surface area contributed by atoms with Crippen molar-refractivity contribution in [1.29, 1.82) is 0 Å². The maximum absolute atomic E-state index is 13.1. The van der Waals surface area contributed by atoms with E-state index in [2.05, 4.69) is 5.29 Å². The molecule has 2 rings (SSSR count). The van der Waals surface area contributed by atoms with E-state index >= 15 is 0 Å². The number of hydrogen-bond donors (Lipinski definition) is 2. The average molecular weight is 464 g/mol. The largest absolute Gasteiger partial charge is 0.478 e. The van der Waals surface area contributed by atoms with E-state index in [1.54, 1.807) is 37.5 Å². The van der Waals surface area contributed by atoms with Gasteiger partial charge in [-0.15, -0.1) is 16.7 Å². The number of halogens is 1. The molecular weight excluding hydrogens is 437 g/mol. The zero-order valence-electron chi connectivity index (χ0n) is 17.9. The van der Waals surface area contributed by atoms with E-state index in [1.807, 2.05) is 0 Å². The number of carbonyl (C=O) groups is 3. The Morgan fingerprint density at radius 3 is 2.62 bits per heavy atom. The summed E-state index contributed by atoms with van der Waals surface area (Å²) in [5.74, 6) is -2.45. The Bertz CT molecular complexity index is 915. The minimum Gasteiger partial charge on any atom is -0.478 e. The lowest BCUT2D eigenvalue weighted by Gasteiger charge is -2.33. The molecule has 1 saturated heterocycles. The van der Waals surface area contributed by atoms with Gasteiger partial charge in [-0.05, 0) is 42.9 Å². The summed E-state index contributed by atoms with van der Waals surface area (Å²) in [5, 5.41) is 11.2. The maximum atomic E-state index is 13.1. The van der Waals surface area contributed by atoms with Crippen LogP contribution in [0.1, 0.15) is 32.3 Å². The van der Waals surface area contributed by atoms with Gasteiger partial charge in [-0.25, -0.2) is 14.6 Å². The van der Waals surface area contributed by atoms with E-state index in [1.165, 1.54) is 34.9 Å². The van der Waals surface area contributed by atoms with Crippen molar-refractivity contribution in [2.45, 2.75) is 38.4 Å². The molecule has 0 aliphatic carbocycles. The first kappa shape index (κ1) is 25.3. The Hall–Kier alpha value is -3.01. The molecule has 10 heteroatoms. The van der Waals surface area contributed by atoms with Crippen LogP contribution in [0.4, 0.5) is 4.39 Å². The Kier molecular flexibility index (Phi) is 9.58. The van der Waals surface area contributed by atoms with E-state index in [9.17, 15) is 28.8 Å². The number of nitrogens with zero attached hydrogens (tertiary/aromatic N) is 2. The van der Waals surface area contributed by atoms with Crippen molar-refractivity contribution in [2.24, 2.45) is 11.2 Å². The Labute approximate surface area is 189 Å². The fraction of sp³-hybridized carbons (Fsp3) is 0.409. The average Bonchev–Trinajstić information content (AvgIpc) is 2.72. The van der Waals surface area contributed by atoms with Gasteiger partial charge < -0.3 is 10.0 Å². The summed E-state index contributed by atoms with van der Waals surface area (Å²) in [5.41, 5.74) is 2.97. The van der Waals surface area contributed by atoms with E-state index in [0.717, 1.165) is 10.5 Å². The van der Waals surface area contributed by atoms with E-state index in [-0.39, 0.29) is 36.3 Å². The number of carbonyl (C=O) groups excluding carboxylic acids is 2. The molecule has 0 spiro atoms. The fourth-order valence-electron chi connectivity index (χ4n) is 3.24. The number of nitrogens with one attached hydrogen (secondary N) is 1. The Morgan fingerprint density at radius 2 is 2.03 bits per heavy atom. The third-order valence-electron chi connectivity index (χ3n) is 4.90. The standard InChI is InChI=1S/C22H26FN3O5S/c1-14(2)18(22(29)30)11-10-17-12-26(13-20(27)24-25-31)21(28)19(32-17)5-3-4-15-6-8-16(23)9-7-15/h6-11,14,19H,3-5,12-13H2,1-2H3,(H,29,30)(H,24,27,31)/b17-10+,18-11+. The van der Waals surface area contributed by atoms with Crippen LogP contribution >= 0.6 is 11.8 Å². The molecule has 1 aliphatic rings. The van der Waals surface area contributed by atoms with Gasteiger partial charge in [-0.2, -0.15) is 0 Å². The minimum atomic E-state index is -1.02. The molecule has 1 aliphatic heterocycles. The number of rotatable bonds is 10. The number of aryl methyl sites for hydroxylation is 1. The lowest BCUT2D eigenvalue weighted by Crippen LogP contribution is -2.47. The molecule has 1 unspecified atom stereocenters. The van der Waals surface area contributed by atoms with Gasteiger partial charge >= 0.3 is 5.97 Å². The Balaban J connectivity index is 2.15. The number of thioether (sulfide) groups is 1. The van der Waals surface area contributed by atoms with Crippen molar-refractivity contribution < 1.29 is 23.9 Å². The first-order chi connectivity index (χ1) is 15.2. The van der Waals surface area contributed by atoms with Crippen LogP contribution in [-0.4, -0.2) is 46.1 Å². The fourth-order valence-corrected chi connectivity index (χ4v) is 4.52. The highest BCUT2D eigenvalue weighted by atomic mass is 32.2. The van der Waals surface area contributed by atoms with Gasteiger partial charge in [0.15, 0.2) is 0 Å². The van der Waals surface area contributed by atoms with Gasteiger partial charge in [-0.3, -0.25) is 9.59 Å². The number of benzene rings is 1. The predicted molar refractivity (Wildman–Crippen MR) is 120 cm³/mol. The van der Waals surface area contributed by atoms with Crippen LogP contribution < -0.4 is 5.43 Å². The number of amides is 2. The van der Waals surface area contributed by atoms with Crippen molar-refractivity contribution in [3.05, 3.63) is 63.2 Å². The second-order valence-corrected chi connectivity index (χ2v) is 8.99. The molecule has 1 atom stereocenters. The summed E-state index contributed by atoms with van der Waals surface area (Å²) in [6, 6.07) is 6.17. The van der Waals surface area contributed by atoms with Crippen molar-refractivity contribution in [1.82, 2.24) is 10.3 Å². The minimum absolute atomic E-state index is 0.131. The van der Waals surface area contributed by atoms with Crippen molar-refractivity contribution >= 4 is 29.5 Å². The number of carboxylic acids is 1. The molecule has 0 aromatic heterocycles. The van der Waals surface area contributed by atoms with Crippen LogP contribution in [0.2, 0.25) is 0 Å². The number of allylic oxidation sites excluding steroid dienone is 2. The van der Waals surface area contributed by atoms with Crippen molar-refractivity contribution in [3.63, 3.8) is 0 Å². The van der Waals surface area contributed by atoms with E-state index in [4.69, 9.17) is 0 Å². The first-order valence-corrected chi connectivity index (χ1v) is 11.0. The number of carboxylic acid groups (broad SMARTS) is 1. The molecule has 8 nitrogen and oxygen atoms in total. The van der Waals surface area contributed by atoms with Crippen LogP contribution in [0.5, 0.6) is 0 Å². The lowest BCUT2D eigenvalue weighted by atomic mass is 10.0. The normalized spacial score (nSPS) is 18.2. The number of aliphatic carboxylic acids is 1. The summed E-state index contributed by atoms with van der Waals surface area (Å²) in [6.45, 7) is 3.36. The number of nitroso groups, excluding NO2 is 1. The van der Waals surface area contributed by atoms with Crippen LogP contribution in [0, 0.1) is 16.6 Å². The second kappa shape index (κ2) is 12.1. The summed E-state index contributed by atoms with van der Waals surface area (Å²) < 4.78 is 13.1. The quantitative estimate of drug-likeness (QED) is 0.312. The van der Waals surface area contributed by atoms with Gasteiger partial charge in [0.25, 0.3) is 5.91 Å². The van der Waals surface area contributed by atoms with Crippen LogP contribution in [-0.2, 0) is 20.8 Å². The van der Waals surface area contributed by atoms with Gasteiger partial charge in [0.2, 0.25) is 5.91 Å². The van der Waals surface area contributed by atoms with Gasteiger partial charge in [0.05, 0.1) is 17.1 Å². The highest BCUT2D eigenvalue weighted by Gasteiger charge is 2.32. The molecule has 1 heterocycles. The predicted octanol–water partition coefficient (Wildman–Crippen LogP) is 3.44. The highest BCUT2D eigenvalue weighted by molar-refractivity contribution is 8.04. The maximum Gasteiger partial charge on any atom is 0.331 e. The van der Waals surface area contributed by atoms with E-state index < -0.39 is 17.1 Å². The molecular formula is C22H26FN3O5S. The molecule has 1 aromatic carbocycles. The molecule has 0 radical (unpaired) electrons. The van der Waals surface area contributed by atoms with Gasteiger partial charge in [0.1, 0.15) is 12.4 Å². The monoisotopic (exact) mass is 463 g/mol. The summed E-state index contributed by atoms with van der Waals surface area (Å²) in [7, 11) is 0. The smallest absolute Gasteiger partial charge is 0.331 e. The van der Waals surface area contributed by atoms with Crippen LogP contribution in [0.3, 0.4) is 0 Å². The highest BCUT2D eigenvalue weighted by Crippen LogP contribution is 2.33. The zero-order chi connectivity index (χ0) is 23.7. The zero-order valence-corrected chi connectivity index (χ0v) is 18.7. The molecule has 0 bridgehead atoms. The third kappa shape index (κ3) is 7.60.